The lowest BCUT2D eigenvalue weighted by molar-refractivity contribution is -0.135. The maximum Gasteiger partial charge on any atom is 0.330 e. The molecule has 0 saturated carbocycles. The highest BCUT2D eigenvalue weighted by Crippen LogP contribution is 2.25. The van der Waals surface area contributed by atoms with Gasteiger partial charge in [-0.25, -0.2) is 13.2 Å². The number of amides is 1. The first-order chi connectivity index (χ1) is 11.8. The maximum absolute atomic E-state index is 12.7. The summed E-state index contributed by atoms with van der Waals surface area (Å²) in [5.41, 5.74) is 0.334. The zero-order valence-corrected chi connectivity index (χ0v) is 15.1. The number of hydrogen-bond donors (Lipinski definition) is 1. The maximum atomic E-state index is 12.7. The zero-order chi connectivity index (χ0) is 18.6. The van der Waals surface area contributed by atoms with E-state index in [0.29, 0.717) is 18.5 Å². The van der Waals surface area contributed by atoms with Crippen molar-refractivity contribution in [3.8, 4) is 0 Å². The highest BCUT2D eigenvalue weighted by Gasteiger charge is 2.33. The molecule has 1 saturated heterocycles. The lowest BCUT2D eigenvalue weighted by Gasteiger charge is -2.31. The molecule has 1 aliphatic heterocycles. The van der Waals surface area contributed by atoms with E-state index in [4.69, 9.17) is 4.52 Å². The minimum absolute atomic E-state index is 0.107. The van der Waals surface area contributed by atoms with E-state index in [-0.39, 0.29) is 29.8 Å². The third-order valence-electron chi connectivity index (χ3n) is 3.94. The Labute approximate surface area is 146 Å². The van der Waals surface area contributed by atoms with E-state index in [1.54, 1.807) is 13.8 Å². The van der Waals surface area contributed by atoms with Crippen molar-refractivity contribution in [3.63, 3.8) is 0 Å². The third kappa shape index (κ3) is 4.45. The second-order valence-corrected chi connectivity index (χ2v) is 7.57. The number of ether oxygens (including phenoxy) is 1. The fourth-order valence-corrected chi connectivity index (χ4v) is 4.43. The summed E-state index contributed by atoms with van der Waals surface area (Å²) in [6, 6.07) is -0.161. The number of hydrogen-bond acceptors (Lipinski definition) is 7. The van der Waals surface area contributed by atoms with Gasteiger partial charge < -0.3 is 14.6 Å². The van der Waals surface area contributed by atoms with Crippen molar-refractivity contribution in [2.45, 2.75) is 37.6 Å². The second kappa shape index (κ2) is 7.79. The lowest BCUT2D eigenvalue weighted by Crippen LogP contribution is -2.46. The molecule has 0 spiro atoms. The van der Waals surface area contributed by atoms with Crippen LogP contribution in [0.3, 0.4) is 0 Å². The molecule has 0 radical (unpaired) electrons. The number of nitrogens with one attached hydrogen (secondary N) is 1. The Bertz CT molecular complexity index is 756. The van der Waals surface area contributed by atoms with Crippen LogP contribution in [0.2, 0.25) is 0 Å². The van der Waals surface area contributed by atoms with Gasteiger partial charge in [0, 0.05) is 31.3 Å². The Morgan fingerprint density at radius 2 is 1.92 bits per heavy atom. The molecule has 0 unspecified atom stereocenters. The first kappa shape index (κ1) is 19.1. The van der Waals surface area contributed by atoms with Crippen molar-refractivity contribution < 1.29 is 27.3 Å². The normalized spacial score (nSPS) is 16.9. The zero-order valence-electron chi connectivity index (χ0n) is 14.3. The van der Waals surface area contributed by atoms with Crippen molar-refractivity contribution in [1.29, 1.82) is 0 Å². The van der Waals surface area contributed by atoms with Gasteiger partial charge >= 0.3 is 5.97 Å². The fourth-order valence-electron chi connectivity index (χ4n) is 2.67. The van der Waals surface area contributed by atoms with Gasteiger partial charge in [0.05, 0.1) is 7.11 Å². The lowest BCUT2D eigenvalue weighted by atomic mass is 10.1. The summed E-state index contributed by atoms with van der Waals surface area (Å²) in [5.74, 6) is -0.770. The van der Waals surface area contributed by atoms with E-state index >= 15 is 0 Å². The molecule has 9 nitrogen and oxygen atoms in total. The van der Waals surface area contributed by atoms with E-state index in [1.165, 1.54) is 11.4 Å². The molecule has 0 aromatic carbocycles. The number of aryl methyl sites for hydroxylation is 2. The Kier molecular flexibility index (Phi) is 5.96. The fraction of sp³-hybridized carbons (Fsp3) is 0.533. The van der Waals surface area contributed by atoms with E-state index in [0.717, 1.165) is 12.2 Å². The highest BCUT2D eigenvalue weighted by molar-refractivity contribution is 7.89. The largest absolute Gasteiger partial charge is 0.466 e. The first-order valence-corrected chi connectivity index (χ1v) is 9.19. The topological polar surface area (TPSA) is 119 Å². The molecule has 0 bridgehead atoms. The van der Waals surface area contributed by atoms with Gasteiger partial charge in [0.25, 0.3) is 0 Å². The smallest absolute Gasteiger partial charge is 0.330 e. The van der Waals surface area contributed by atoms with Gasteiger partial charge in [0.1, 0.15) is 10.6 Å². The van der Waals surface area contributed by atoms with Crippen LogP contribution in [0.4, 0.5) is 0 Å². The van der Waals surface area contributed by atoms with E-state index < -0.39 is 21.9 Å². The Balaban J connectivity index is 1.94. The first-order valence-electron chi connectivity index (χ1n) is 7.75. The van der Waals surface area contributed by atoms with Gasteiger partial charge in [-0.3, -0.25) is 4.79 Å². The monoisotopic (exact) mass is 371 g/mol. The van der Waals surface area contributed by atoms with Gasteiger partial charge in [-0.1, -0.05) is 5.16 Å². The van der Waals surface area contributed by atoms with E-state index in [9.17, 15) is 18.0 Å². The number of carbonyl (C=O) groups excluding carboxylic acids is 2. The number of sulfonamides is 1. The number of carbonyl (C=O) groups is 2. The van der Waals surface area contributed by atoms with Crippen molar-refractivity contribution in [2.75, 3.05) is 20.2 Å². The summed E-state index contributed by atoms with van der Waals surface area (Å²) < 4.78 is 36.1. The Morgan fingerprint density at radius 3 is 2.44 bits per heavy atom. The molecule has 1 aromatic heterocycles. The highest BCUT2D eigenvalue weighted by atomic mass is 32.2. The summed E-state index contributed by atoms with van der Waals surface area (Å²) in [6.07, 6.45) is 3.08. The minimum Gasteiger partial charge on any atom is -0.466 e. The predicted molar refractivity (Wildman–Crippen MR) is 87.1 cm³/mol. The summed E-state index contributed by atoms with van der Waals surface area (Å²) in [7, 11) is -2.45. The van der Waals surface area contributed by atoms with Crippen LogP contribution >= 0.6 is 0 Å². The summed E-state index contributed by atoms with van der Waals surface area (Å²) in [5, 5.41) is 6.43. The van der Waals surface area contributed by atoms with E-state index in [1.807, 2.05) is 0 Å². The van der Waals surface area contributed by atoms with Crippen LogP contribution < -0.4 is 5.32 Å². The summed E-state index contributed by atoms with van der Waals surface area (Å²) in [6.45, 7) is 3.70. The average Bonchev–Trinajstić information content (AvgIpc) is 2.92. The molecular weight excluding hydrogens is 350 g/mol. The molecule has 1 amide bonds. The number of nitrogens with zero attached hydrogens (tertiary/aromatic N) is 2. The predicted octanol–water partition coefficient (Wildman–Crippen LogP) is 0.290. The molecule has 1 aromatic rings. The van der Waals surface area contributed by atoms with Crippen LogP contribution in [-0.4, -0.2) is 56.0 Å². The molecule has 1 fully saturated rings. The van der Waals surface area contributed by atoms with Crippen LogP contribution in [0.1, 0.15) is 24.3 Å². The van der Waals surface area contributed by atoms with Gasteiger partial charge in [-0.15, -0.1) is 0 Å². The number of aromatic nitrogens is 1. The number of rotatable bonds is 5. The van der Waals surface area contributed by atoms with Crippen molar-refractivity contribution >= 4 is 21.9 Å². The molecule has 2 heterocycles. The Hall–Kier alpha value is -2.20. The molecule has 0 aliphatic carbocycles. The van der Waals surface area contributed by atoms with Gasteiger partial charge in [-0.2, -0.15) is 4.31 Å². The van der Waals surface area contributed by atoms with Crippen molar-refractivity contribution in [2.24, 2.45) is 0 Å². The van der Waals surface area contributed by atoms with Crippen LogP contribution in [-0.2, 0) is 24.3 Å². The van der Waals surface area contributed by atoms with Gasteiger partial charge in [-0.05, 0) is 26.7 Å². The number of esters is 1. The minimum atomic E-state index is -3.67. The Morgan fingerprint density at radius 1 is 1.28 bits per heavy atom. The molecule has 1 aliphatic rings. The van der Waals surface area contributed by atoms with E-state index in [2.05, 4.69) is 15.2 Å². The molecule has 10 heteroatoms. The van der Waals surface area contributed by atoms with Crippen LogP contribution in [0.5, 0.6) is 0 Å². The van der Waals surface area contributed by atoms with Crippen LogP contribution in [0.15, 0.2) is 21.6 Å². The van der Waals surface area contributed by atoms with Crippen molar-refractivity contribution in [1.82, 2.24) is 14.8 Å². The third-order valence-corrected chi connectivity index (χ3v) is 6.08. The average molecular weight is 371 g/mol. The van der Waals surface area contributed by atoms with Gasteiger partial charge in [0.2, 0.25) is 15.9 Å². The molecule has 1 N–H and O–H groups in total. The molecule has 25 heavy (non-hydrogen) atoms. The molecule has 138 valence electrons. The molecular formula is C15H21N3O6S. The number of methoxy groups -OCH3 is 1. The summed E-state index contributed by atoms with van der Waals surface area (Å²) >= 11 is 0. The SMILES string of the molecule is COC(=O)/C=C/C(=O)NC1CCN(S(=O)(=O)c2c(C)noc2C)CC1. The quantitative estimate of drug-likeness (QED) is 0.583. The van der Waals surface area contributed by atoms with Crippen LogP contribution in [0.25, 0.3) is 0 Å². The molecule has 0 atom stereocenters. The standard InChI is InChI=1S/C15H21N3O6S/c1-10-15(11(2)24-17-10)25(21,22)18-8-6-12(7-9-18)16-13(19)4-5-14(20)23-3/h4-5,12H,6-9H2,1-3H3,(H,16,19)/b5-4+. The second-order valence-electron chi connectivity index (χ2n) is 5.70. The molecule has 2 rings (SSSR count). The van der Waals surface area contributed by atoms with Gasteiger partial charge in [0.15, 0.2) is 5.76 Å². The summed E-state index contributed by atoms with van der Waals surface area (Å²) in [4.78, 5) is 22.8. The number of piperidine rings is 1. The van der Waals surface area contributed by atoms with Crippen molar-refractivity contribution in [3.05, 3.63) is 23.6 Å². The van der Waals surface area contributed by atoms with Crippen LogP contribution in [0, 0.1) is 13.8 Å².